The first-order valence-electron chi connectivity index (χ1n) is 8.55. The van der Waals surface area contributed by atoms with Gasteiger partial charge in [0.05, 0.1) is 0 Å². The van der Waals surface area contributed by atoms with Gasteiger partial charge in [0.25, 0.3) is 11.5 Å². The Labute approximate surface area is 157 Å². The van der Waals surface area contributed by atoms with Gasteiger partial charge < -0.3 is 15.2 Å². The normalized spacial score (nSPS) is 10.4. The van der Waals surface area contributed by atoms with E-state index in [0.717, 1.165) is 0 Å². The van der Waals surface area contributed by atoms with Crippen LogP contribution in [-0.2, 0) is 11.3 Å². The van der Waals surface area contributed by atoms with Gasteiger partial charge in [-0.3, -0.25) is 14.4 Å². The molecule has 0 saturated carbocycles. The fourth-order valence-electron chi connectivity index (χ4n) is 2.69. The number of nitrogens with one attached hydrogen (secondary N) is 2. The number of hydrogen-bond acceptors (Lipinski definition) is 4. The fraction of sp³-hybridized carbons (Fsp3) is 0.300. The minimum atomic E-state index is -0.491. The summed E-state index contributed by atoms with van der Waals surface area (Å²) in [5, 5.41) is 14.6. The van der Waals surface area contributed by atoms with Crippen LogP contribution in [0.3, 0.4) is 0 Å². The van der Waals surface area contributed by atoms with Gasteiger partial charge in [0.2, 0.25) is 5.91 Å². The van der Waals surface area contributed by atoms with Crippen molar-refractivity contribution in [2.24, 2.45) is 0 Å². The van der Waals surface area contributed by atoms with E-state index in [1.807, 2.05) is 19.9 Å². The van der Waals surface area contributed by atoms with Gasteiger partial charge in [-0.15, -0.1) is 0 Å². The maximum atomic E-state index is 12.4. The average Bonchev–Trinajstić information content (AvgIpc) is 2.58. The number of amides is 2. The number of aromatic nitrogens is 1. The molecule has 0 radical (unpaired) electrons. The summed E-state index contributed by atoms with van der Waals surface area (Å²) in [5.41, 5.74) is 1.60. The Hall–Kier alpha value is -3.40. The van der Waals surface area contributed by atoms with Crippen molar-refractivity contribution in [3.05, 3.63) is 63.1 Å². The Morgan fingerprint density at radius 1 is 1.22 bits per heavy atom. The predicted octanol–water partition coefficient (Wildman–Crippen LogP) is 2.11. The van der Waals surface area contributed by atoms with Crippen LogP contribution < -0.4 is 16.2 Å². The third-order valence-electron chi connectivity index (χ3n) is 3.95. The molecular formula is C20H22N4O3. The molecule has 7 heteroatoms. The molecule has 1 aromatic carbocycles. The molecule has 2 N–H and O–H groups in total. The smallest absolute Gasteiger partial charge is 0.269 e. The minimum absolute atomic E-state index is 0.00136. The van der Waals surface area contributed by atoms with E-state index in [0.29, 0.717) is 22.5 Å². The summed E-state index contributed by atoms with van der Waals surface area (Å²) >= 11 is 0. The Balaban J connectivity index is 2.19. The number of nitriles is 1. The van der Waals surface area contributed by atoms with E-state index in [1.54, 1.807) is 44.2 Å². The number of carbonyl (C=O) groups excluding carboxylic acids is 2. The standard InChI is InChI=1S/C20H22N4O3/c1-12(2)22-19(26)15-6-5-7-16(9-15)23-18(25)11-24-14(4)8-13(3)17(10-21)20(24)27/h5-9,12H,11H2,1-4H3,(H,22,26)(H,23,25). The first-order valence-corrected chi connectivity index (χ1v) is 8.55. The predicted molar refractivity (Wildman–Crippen MR) is 103 cm³/mol. The van der Waals surface area contributed by atoms with Crippen molar-refractivity contribution in [2.45, 2.75) is 40.3 Å². The van der Waals surface area contributed by atoms with E-state index in [4.69, 9.17) is 5.26 Å². The first-order chi connectivity index (χ1) is 12.7. The molecule has 1 heterocycles. The topological polar surface area (TPSA) is 104 Å². The molecule has 0 atom stereocenters. The first kappa shape index (κ1) is 19.9. The maximum Gasteiger partial charge on any atom is 0.269 e. The Bertz CT molecular complexity index is 984. The number of aryl methyl sites for hydroxylation is 2. The number of pyridine rings is 1. The highest BCUT2D eigenvalue weighted by Crippen LogP contribution is 2.12. The second-order valence-corrected chi connectivity index (χ2v) is 6.60. The van der Waals surface area contributed by atoms with Crippen LogP contribution in [0.15, 0.2) is 35.1 Å². The van der Waals surface area contributed by atoms with Gasteiger partial charge in [0, 0.05) is 23.0 Å². The molecule has 0 unspecified atom stereocenters. The third-order valence-corrected chi connectivity index (χ3v) is 3.95. The van der Waals surface area contributed by atoms with Crippen molar-refractivity contribution in [1.29, 1.82) is 5.26 Å². The van der Waals surface area contributed by atoms with Gasteiger partial charge in [-0.25, -0.2) is 0 Å². The Morgan fingerprint density at radius 2 is 1.93 bits per heavy atom. The van der Waals surface area contributed by atoms with E-state index in [9.17, 15) is 14.4 Å². The molecule has 0 aliphatic carbocycles. The number of rotatable bonds is 5. The van der Waals surface area contributed by atoms with Crippen LogP contribution in [0.25, 0.3) is 0 Å². The molecule has 0 aliphatic rings. The molecule has 27 heavy (non-hydrogen) atoms. The highest BCUT2D eigenvalue weighted by Gasteiger charge is 2.14. The molecule has 0 fully saturated rings. The lowest BCUT2D eigenvalue weighted by atomic mass is 10.1. The van der Waals surface area contributed by atoms with E-state index < -0.39 is 11.5 Å². The van der Waals surface area contributed by atoms with Crippen molar-refractivity contribution >= 4 is 17.5 Å². The van der Waals surface area contributed by atoms with E-state index in [-0.39, 0.29) is 24.1 Å². The zero-order valence-electron chi connectivity index (χ0n) is 15.8. The van der Waals surface area contributed by atoms with Crippen LogP contribution in [0.4, 0.5) is 5.69 Å². The van der Waals surface area contributed by atoms with Gasteiger partial charge in [-0.2, -0.15) is 5.26 Å². The number of carbonyl (C=O) groups is 2. The van der Waals surface area contributed by atoms with Crippen LogP contribution >= 0.6 is 0 Å². The van der Waals surface area contributed by atoms with Crippen LogP contribution in [0, 0.1) is 25.2 Å². The lowest BCUT2D eigenvalue weighted by molar-refractivity contribution is -0.116. The van der Waals surface area contributed by atoms with Crippen molar-refractivity contribution in [3.8, 4) is 6.07 Å². The average molecular weight is 366 g/mol. The zero-order chi connectivity index (χ0) is 20.1. The molecule has 0 saturated heterocycles. The maximum absolute atomic E-state index is 12.4. The summed E-state index contributed by atoms with van der Waals surface area (Å²) in [7, 11) is 0. The van der Waals surface area contributed by atoms with Crippen molar-refractivity contribution in [1.82, 2.24) is 9.88 Å². The van der Waals surface area contributed by atoms with Gasteiger partial charge >= 0.3 is 0 Å². The lowest BCUT2D eigenvalue weighted by Crippen LogP contribution is -2.31. The molecule has 2 rings (SSSR count). The number of benzene rings is 1. The second-order valence-electron chi connectivity index (χ2n) is 6.60. The zero-order valence-corrected chi connectivity index (χ0v) is 15.8. The van der Waals surface area contributed by atoms with Gasteiger partial charge in [-0.05, 0) is 57.5 Å². The SMILES string of the molecule is Cc1cc(C)n(CC(=O)Nc2cccc(C(=O)NC(C)C)c2)c(=O)c1C#N. The van der Waals surface area contributed by atoms with Crippen molar-refractivity contribution in [3.63, 3.8) is 0 Å². The second kappa shape index (κ2) is 8.32. The fourth-order valence-corrected chi connectivity index (χ4v) is 2.69. The van der Waals surface area contributed by atoms with Crippen molar-refractivity contribution < 1.29 is 9.59 Å². The monoisotopic (exact) mass is 366 g/mol. The number of nitrogens with zero attached hydrogens (tertiary/aromatic N) is 2. The van der Waals surface area contributed by atoms with E-state index >= 15 is 0 Å². The molecule has 2 aromatic rings. The largest absolute Gasteiger partial charge is 0.350 e. The summed E-state index contributed by atoms with van der Waals surface area (Å²) in [6, 6.07) is 10.1. The summed E-state index contributed by atoms with van der Waals surface area (Å²) in [6.45, 7) is 6.90. The summed E-state index contributed by atoms with van der Waals surface area (Å²) in [5.74, 6) is -0.653. The molecule has 2 amide bonds. The third kappa shape index (κ3) is 4.82. The van der Waals surface area contributed by atoms with Gasteiger partial charge in [0.15, 0.2) is 0 Å². The number of anilines is 1. The van der Waals surface area contributed by atoms with Crippen LogP contribution in [0.5, 0.6) is 0 Å². The summed E-state index contributed by atoms with van der Waals surface area (Å²) in [4.78, 5) is 36.8. The molecule has 0 bridgehead atoms. The minimum Gasteiger partial charge on any atom is -0.350 e. The molecular weight excluding hydrogens is 344 g/mol. The molecule has 7 nitrogen and oxygen atoms in total. The summed E-state index contributed by atoms with van der Waals surface area (Å²) in [6.07, 6.45) is 0. The lowest BCUT2D eigenvalue weighted by Gasteiger charge is -2.13. The van der Waals surface area contributed by atoms with Crippen LogP contribution in [-0.4, -0.2) is 22.4 Å². The van der Waals surface area contributed by atoms with E-state index in [2.05, 4.69) is 10.6 Å². The van der Waals surface area contributed by atoms with Gasteiger partial charge in [0.1, 0.15) is 18.2 Å². The highest BCUT2D eigenvalue weighted by molar-refractivity contribution is 5.97. The molecule has 1 aromatic heterocycles. The Kier molecular flexibility index (Phi) is 6.14. The highest BCUT2D eigenvalue weighted by atomic mass is 16.2. The molecule has 0 spiro atoms. The van der Waals surface area contributed by atoms with Crippen molar-refractivity contribution in [2.75, 3.05) is 5.32 Å². The molecule has 0 aliphatic heterocycles. The quantitative estimate of drug-likeness (QED) is 0.846. The molecule has 140 valence electrons. The van der Waals surface area contributed by atoms with Gasteiger partial charge in [-0.1, -0.05) is 6.07 Å². The number of hydrogen-bond donors (Lipinski definition) is 2. The van der Waals surface area contributed by atoms with Crippen LogP contribution in [0.2, 0.25) is 0 Å². The van der Waals surface area contributed by atoms with Crippen LogP contribution in [0.1, 0.15) is 41.0 Å². The van der Waals surface area contributed by atoms with E-state index in [1.165, 1.54) is 4.57 Å². The summed E-state index contributed by atoms with van der Waals surface area (Å²) < 4.78 is 1.26. The Morgan fingerprint density at radius 3 is 2.56 bits per heavy atom.